The van der Waals surface area contributed by atoms with Gasteiger partial charge in [0.1, 0.15) is 5.60 Å². The van der Waals surface area contributed by atoms with E-state index in [-0.39, 0.29) is 0 Å². The van der Waals surface area contributed by atoms with Crippen LogP contribution >= 0.6 is 0 Å². The fourth-order valence-corrected chi connectivity index (χ4v) is 2.62. The van der Waals surface area contributed by atoms with Crippen molar-refractivity contribution in [1.82, 2.24) is 25.7 Å². The molecule has 0 saturated carbocycles. The second-order valence-electron chi connectivity index (χ2n) is 8.37. The minimum atomic E-state index is -0.535. The first-order valence-corrected chi connectivity index (χ1v) is 9.63. The molecule has 0 fully saturated rings. The van der Waals surface area contributed by atoms with Crippen molar-refractivity contribution >= 4 is 12.1 Å². The Labute approximate surface area is 172 Å². The number of nitrogens with one attached hydrogen (secondary N) is 3. The molecule has 1 aromatic heterocycles. The Morgan fingerprint density at radius 2 is 1.86 bits per heavy atom. The number of carbonyl (C=O) groups is 1. The van der Waals surface area contributed by atoms with Gasteiger partial charge in [-0.15, -0.1) is 0 Å². The zero-order valence-electron chi connectivity index (χ0n) is 18.1. The summed E-state index contributed by atoms with van der Waals surface area (Å²) in [7, 11) is 1.71. The van der Waals surface area contributed by atoms with Crippen LogP contribution in [0.3, 0.4) is 0 Å². The summed E-state index contributed by atoms with van der Waals surface area (Å²) in [6.07, 6.45) is 3.22. The Morgan fingerprint density at radius 1 is 1.14 bits per heavy atom. The molecule has 8 nitrogen and oxygen atoms in total. The third kappa shape index (κ3) is 7.48. The van der Waals surface area contributed by atoms with Gasteiger partial charge < -0.3 is 20.7 Å². The lowest BCUT2D eigenvalue weighted by Gasteiger charge is -2.29. The summed E-state index contributed by atoms with van der Waals surface area (Å²) in [4.78, 5) is 16.3. The van der Waals surface area contributed by atoms with Crippen LogP contribution in [-0.2, 0) is 11.3 Å². The number of amides is 1. The quantitative estimate of drug-likeness (QED) is 0.512. The normalized spacial score (nSPS) is 12.4. The van der Waals surface area contributed by atoms with Crippen LogP contribution in [0.25, 0.3) is 5.69 Å². The van der Waals surface area contributed by atoms with Crippen LogP contribution in [0.2, 0.25) is 0 Å². The molecule has 1 amide bonds. The highest BCUT2D eigenvalue weighted by Crippen LogP contribution is 2.13. The second kappa shape index (κ2) is 9.45. The van der Waals surface area contributed by atoms with Gasteiger partial charge in [0.05, 0.1) is 11.2 Å². The van der Waals surface area contributed by atoms with Crippen LogP contribution in [-0.4, -0.2) is 46.6 Å². The number of aromatic nitrogens is 2. The molecule has 0 saturated heterocycles. The van der Waals surface area contributed by atoms with Gasteiger partial charge in [0.25, 0.3) is 0 Å². The Bertz CT molecular complexity index is 822. The van der Waals surface area contributed by atoms with Gasteiger partial charge in [-0.1, -0.05) is 18.2 Å². The molecule has 0 atom stereocenters. The Balaban J connectivity index is 1.91. The molecular formula is C21H32N6O2. The molecule has 158 valence electrons. The van der Waals surface area contributed by atoms with Gasteiger partial charge >= 0.3 is 6.09 Å². The number of para-hydroxylation sites is 1. The van der Waals surface area contributed by atoms with Crippen molar-refractivity contribution in [3.05, 3.63) is 48.3 Å². The fourth-order valence-electron chi connectivity index (χ4n) is 2.62. The van der Waals surface area contributed by atoms with E-state index in [4.69, 9.17) is 4.74 Å². The minimum Gasteiger partial charge on any atom is -0.444 e. The van der Waals surface area contributed by atoms with Crippen LogP contribution < -0.4 is 16.0 Å². The molecule has 0 bridgehead atoms. The Kier molecular flexibility index (Phi) is 7.25. The van der Waals surface area contributed by atoms with Crippen molar-refractivity contribution in [2.45, 2.75) is 52.3 Å². The van der Waals surface area contributed by atoms with E-state index in [0.717, 1.165) is 11.3 Å². The topological polar surface area (TPSA) is 92.6 Å². The molecule has 1 aromatic carbocycles. The van der Waals surface area contributed by atoms with Crippen LogP contribution in [0.5, 0.6) is 0 Å². The van der Waals surface area contributed by atoms with Gasteiger partial charge in [-0.05, 0) is 52.3 Å². The van der Waals surface area contributed by atoms with Crippen LogP contribution in [0.4, 0.5) is 4.79 Å². The molecule has 0 radical (unpaired) electrons. The van der Waals surface area contributed by atoms with Crippen molar-refractivity contribution in [3.63, 3.8) is 0 Å². The van der Waals surface area contributed by atoms with Crippen molar-refractivity contribution in [1.29, 1.82) is 0 Å². The summed E-state index contributed by atoms with van der Waals surface area (Å²) >= 11 is 0. The first-order valence-electron chi connectivity index (χ1n) is 9.63. The zero-order valence-corrected chi connectivity index (χ0v) is 18.1. The van der Waals surface area contributed by atoms with E-state index in [1.807, 2.05) is 75.8 Å². The van der Waals surface area contributed by atoms with Gasteiger partial charge in [0, 0.05) is 32.5 Å². The summed E-state index contributed by atoms with van der Waals surface area (Å²) in [5.74, 6) is 0.638. The van der Waals surface area contributed by atoms with E-state index in [2.05, 4.69) is 26.0 Å². The van der Waals surface area contributed by atoms with Crippen LogP contribution in [0.1, 0.15) is 40.2 Å². The van der Waals surface area contributed by atoms with Crippen molar-refractivity contribution in [2.24, 2.45) is 4.99 Å². The second-order valence-corrected chi connectivity index (χ2v) is 8.37. The summed E-state index contributed by atoms with van der Waals surface area (Å²) in [6, 6.07) is 9.94. The molecule has 2 aromatic rings. The van der Waals surface area contributed by atoms with Gasteiger partial charge in [-0.25, -0.2) is 9.48 Å². The molecular weight excluding hydrogens is 368 g/mol. The molecule has 29 heavy (non-hydrogen) atoms. The summed E-state index contributed by atoms with van der Waals surface area (Å²) < 4.78 is 7.16. The van der Waals surface area contributed by atoms with Crippen molar-refractivity contribution in [3.8, 4) is 5.69 Å². The number of guanidine groups is 1. The number of hydrogen-bond donors (Lipinski definition) is 3. The molecule has 0 aliphatic carbocycles. The number of hydrogen-bond acceptors (Lipinski definition) is 4. The number of carbonyl (C=O) groups excluding carboxylic acids is 1. The van der Waals surface area contributed by atoms with E-state index in [9.17, 15) is 4.79 Å². The maximum Gasteiger partial charge on any atom is 0.408 e. The highest BCUT2D eigenvalue weighted by Gasteiger charge is 2.24. The number of benzene rings is 1. The molecule has 8 heteroatoms. The largest absolute Gasteiger partial charge is 0.444 e. The third-order valence-electron chi connectivity index (χ3n) is 3.95. The summed E-state index contributed by atoms with van der Waals surface area (Å²) in [5, 5.41) is 13.7. The number of alkyl carbamates (subject to hydrolysis) is 1. The predicted molar refractivity (Wildman–Crippen MR) is 115 cm³/mol. The standard InChI is InChI=1S/C21H32N6O2/c1-20(2,3)29-19(28)26-21(4,5)15-24-18(22-6)23-14-16-10-7-8-11-17(16)27-13-9-12-25-27/h7-13H,14-15H2,1-6H3,(H,26,28)(H2,22,23,24). The number of nitrogens with zero attached hydrogens (tertiary/aromatic N) is 3. The van der Waals surface area contributed by atoms with E-state index < -0.39 is 17.2 Å². The zero-order chi connectivity index (χ0) is 21.5. The molecule has 1 heterocycles. The van der Waals surface area contributed by atoms with Crippen molar-refractivity contribution < 1.29 is 9.53 Å². The monoisotopic (exact) mass is 400 g/mol. The Morgan fingerprint density at radius 3 is 2.48 bits per heavy atom. The van der Waals surface area contributed by atoms with Gasteiger partial charge in [0.15, 0.2) is 5.96 Å². The maximum atomic E-state index is 12.0. The smallest absolute Gasteiger partial charge is 0.408 e. The Hall–Kier alpha value is -3.03. The first kappa shape index (κ1) is 22.3. The van der Waals surface area contributed by atoms with Gasteiger partial charge in [-0.2, -0.15) is 5.10 Å². The predicted octanol–water partition coefficient (Wildman–Crippen LogP) is 2.84. The summed E-state index contributed by atoms with van der Waals surface area (Å²) in [5.41, 5.74) is 1.04. The average molecular weight is 401 g/mol. The lowest BCUT2D eigenvalue weighted by Crippen LogP contribution is -2.54. The van der Waals surface area contributed by atoms with E-state index >= 15 is 0 Å². The van der Waals surface area contributed by atoms with Gasteiger partial charge in [0.2, 0.25) is 0 Å². The maximum absolute atomic E-state index is 12.0. The molecule has 0 spiro atoms. The SMILES string of the molecule is CN=C(NCc1ccccc1-n1cccn1)NCC(C)(C)NC(=O)OC(C)(C)C. The molecule has 3 N–H and O–H groups in total. The molecule has 0 unspecified atom stereocenters. The first-order chi connectivity index (χ1) is 13.6. The van der Waals surface area contributed by atoms with E-state index in [1.165, 1.54) is 0 Å². The summed E-state index contributed by atoms with van der Waals surface area (Å²) in [6.45, 7) is 10.4. The lowest BCUT2D eigenvalue weighted by molar-refractivity contribution is 0.0474. The number of aliphatic imine (C=N–C) groups is 1. The molecule has 2 rings (SSSR count). The van der Waals surface area contributed by atoms with Gasteiger partial charge in [-0.3, -0.25) is 4.99 Å². The molecule has 0 aliphatic heterocycles. The number of rotatable bonds is 6. The fraction of sp³-hybridized carbons (Fsp3) is 0.476. The average Bonchev–Trinajstić information content (AvgIpc) is 3.14. The highest BCUT2D eigenvalue weighted by molar-refractivity contribution is 5.80. The highest BCUT2D eigenvalue weighted by atomic mass is 16.6. The van der Waals surface area contributed by atoms with E-state index in [0.29, 0.717) is 19.0 Å². The van der Waals surface area contributed by atoms with E-state index in [1.54, 1.807) is 13.2 Å². The number of ether oxygens (including phenoxy) is 1. The minimum absolute atomic E-state index is 0.444. The third-order valence-corrected chi connectivity index (χ3v) is 3.95. The van der Waals surface area contributed by atoms with Crippen LogP contribution in [0, 0.1) is 0 Å². The molecule has 0 aliphatic rings. The lowest BCUT2D eigenvalue weighted by atomic mass is 10.1. The van der Waals surface area contributed by atoms with Crippen molar-refractivity contribution in [2.75, 3.05) is 13.6 Å². The van der Waals surface area contributed by atoms with Crippen LogP contribution in [0.15, 0.2) is 47.7 Å².